The predicted molar refractivity (Wildman–Crippen MR) is 80.0 cm³/mol. The highest BCUT2D eigenvalue weighted by Gasteiger charge is 2.07. The Labute approximate surface area is 115 Å². The van der Waals surface area contributed by atoms with E-state index in [-0.39, 0.29) is 0 Å². The van der Waals surface area contributed by atoms with E-state index in [0.717, 1.165) is 4.47 Å². The summed E-state index contributed by atoms with van der Waals surface area (Å²) < 4.78 is 1.16. The van der Waals surface area contributed by atoms with E-state index < -0.39 is 0 Å². The Hall–Kier alpha value is -0.800. The van der Waals surface area contributed by atoms with Crippen LogP contribution in [0.15, 0.2) is 34.8 Å². The summed E-state index contributed by atoms with van der Waals surface area (Å²) in [6.07, 6.45) is 0. The average molecular weight is 310 g/mol. The molecule has 0 fully saturated rings. The molecule has 1 aromatic heterocycles. The van der Waals surface area contributed by atoms with Crippen molar-refractivity contribution in [3.05, 3.63) is 50.1 Å². The molecule has 1 nitrogen and oxygen atoms in total. The zero-order chi connectivity index (χ0) is 12.4. The Morgan fingerprint density at radius 2 is 1.94 bits per heavy atom. The maximum Gasteiger partial charge on any atom is 0.0578 e. The van der Waals surface area contributed by atoms with Crippen molar-refractivity contribution in [3.63, 3.8) is 0 Å². The van der Waals surface area contributed by atoms with Crippen LogP contribution in [0.4, 0.5) is 5.69 Å². The minimum absolute atomic E-state index is 0.356. The molecule has 1 heterocycles. The maximum absolute atomic E-state index is 3.53. The molecule has 0 amide bonds. The van der Waals surface area contributed by atoms with Crippen LogP contribution >= 0.6 is 27.3 Å². The second-order valence-corrected chi connectivity index (χ2v) is 6.45. The molecule has 1 N–H and O–H groups in total. The van der Waals surface area contributed by atoms with Crippen LogP contribution in [0.3, 0.4) is 0 Å². The number of aryl methyl sites for hydroxylation is 2. The number of benzene rings is 1. The second-order valence-electron chi connectivity index (χ2n) is 4.28. The lowest BCUT2D eigenvalue weighted by atomic mass is 10.2. The van der Waals surface area contributed by atoms with Gasteiger partial charge in [0.25, 0.3) is 0 Å². The third-order valence-corrected chi connectivity index (χ3v) is 4.80. The molecule has 2 rings (SSSR count). The topological polar surface area (TPSA) is 12.0 Å². The fourth-order valence-corrected chi connectivity index (χ4v) is 2.87. The molecule has 17 heavy (non-hydrogen) atoms. The van der Waals surface area contributed by atoms with Gasteiger partial charge in [0, 0.05) is 19.9 Å². The third kappa shape index (κ3) is 3.11. The van der Waals surface area contributed by atoms with Crippen molar-refractivity contribution in [3.8, 4) is 0 Å². The Bertz CT molecular complexity index is 519. The van der Waals surface area contributed by atoms with E-state index in [2.05, 4.69) is 72.3 Å². The molecule has 0 aliphatic heterocycles. The van der Waals surface area contributed by atoms with Gasteiger partial charge in [-0.2, -0.15) is 0 Å². The van der Waals surface area contributed by atoms with Gasteiger partial charge in [0.2, 0.25) is 0 Å². The third-order valence-electron chi connectivity index (χ3n) is 2.73. The summed E-state index contributed by atoms with van der Waals surface area (Å²) in [6, 6.07) is 11.1. The molecule has 1 atom stereocenters. The average Bonchev–Trinajstić information content (AvgIpc) is 2.70. The lowest BCUT2D eigenvalue weighted by Crippen LogP contribution is -2.04. The van der Waals surface area contributed by atoms with Gasteiger partial charge in [-0.3, -0.25) is 0 Å². The first-order valence-electron chi connectivity index (χ1n) is 5.65. The van der Waals surface area contributed by atoms with Crippen molar-refractivity contribution in [2.24, 2.45) is 0 Å². The van der Waals surface area contributed by atoms with Gasteiger partial charge >= 0.3 is 0 Å². The van der Waals surface area contributed by atoms with E-state index in [9.17, 15) is 0 Å². The van der Waals surface area contributed by atoms with Crippen molar-refractivity contribution in [1.82, 2.24) is 0 Å². The molecule has 0 bridgehead atoms. The van der Waals surface area contributed by atoms with E-state index in [4.69, 9.17) is 0 Å². The highest BCUT2D eigenvalue weighted by atomic mass is 79.9. The molecule has 2 aromatic rings. The number of hydrogen-bond acceptors (Lipinski definition) is 2. The first-order chi connectivity index (χ1) is 8.06. The van der Waals surface area contributed by atoms with Crippen LogP contribution in [0, 0.1) is 13.8 Å². The standard InChI is InChI=1S/C14H16BrNS/c1-9-8-12(5-6-13(9)15)16-11(3)14-7-4-10(2)17-14/h4-8,11,16H,1-3H3. The van der Waals surface area contributed by atoms with Crippen molar-refractivity contribution in [2.75, 3.05) is 5.32 Å². The largest absolute Gasteiger partial charge is 0.378 e. The summed E-state index contributed by atoms with van der Waals surface area (Å²) in [7, 11) is 0. The van der Waals surface area contributed by atoms with E-state index >= 15 is 0 Å². The normalized spacial score (nSPS) is 12.5. The van der Waals surface area contributed by atoms with Crippen LogP contribution in [-0.2, 0) is 0 Å². The van der Waals surface area contributed by atoms with E-state index in [1.165, 1.54) is 21.0 Å². The van der Waals surface area contributed by atoms with Crippen LogP contribution in [0.5, 0.6) is 0 Å². The molecule has 90 valence electrons. The first-order valence-corrected chi connectivity index (χ1v) is 7.26. The SMILES string of the molecule is Cc1ccc(C(C)Nc2ccc(Br)c(C)c2)s1. The van der Waals surface area contributed by atoms with Gasteiger partial charge in [-0.1, -0.05) is 15.9 Å². The Morgan fingerprint density at radius 1 is 1.18 bits per heavy atom. The van der Waals surface area contributed by atoms with Crippen LogP contribution in [0.25, 0.3) is 0 Å². The molecule has 0 radical (unpaired) electrons. The lowest BCUT2D eigenvalue weighted by Gasteiger charge is -2.14. The summed E-state index contributed by atoms with van der Waals surface area (Å²) >= 11 is 5.37. The summed E-state index contributed by atoms with van der Waals surface area (Å²) in [6.45, 7) is 6.45. The van der Waals surface area contributed by atoms with Crippen LogP contribution in [0.2, 0.25) is 0 Å². The fraction of sp³-hybridized carbons (Fsp3) is 0.286. The summed E-state index contributed by atoms with van der Waals surface area (Å²) in [5, 5.41) is 3.53. The quantitative estimate of drug-likeness (QED) is 0.811. The highest BCUT2D eigenvalue weighted by molar-refractivity contribution is 9.10. The first kappa shape index (κ1) is 12.7. The minimum atomic E-state index is 0.356. The molecule has 0 saturated heterocycles. The van der Waals surface area contributed by atoms with Gasteiger partial charge in [0.15, 0.2) is 0 Å². The van der Waals surface area contributed by atoms with E-state index in [1.807, 2.05) is 11.3 Å². The number of thiophene rings is 1. The molecule has 0 spiro atoms. The number of rotatable bonds is 3. The molecule has 3 heteroatoms. The van der Waals surface area contributed by atoms with Gasteiger partial charge in [-0.25, -0.2) is 0 Å². The van der Waals surface area contributed by atoms with Crippen LogP contribution in [0.1, 0.15) is 28.3 Å². The number of halogens is 1. The molecule has 1 aromatic carbocycles. The molecule has 0 saturated carbocycles. The van der Waals surface area contributed by atoms with Gasteiger partial charge < -0.3 is 5.32 Å². The smallest absolute Gasteiger partial charge is 0.0578 e. The Morgan fingerprint density at radius 3 is 2.53 bits per heavy atom. The van der Waals surface area contributed by atoms with Gasteiger partial charge in [0.1, 0.15) is 0 Å². The molecular formula is C14H16BrNS. The summed E-state index contributed by atoms with van der Waals surface area (Å²) in [5.74, 6) is 0. The van der Waals surface area contributed by atoms with E-state index in [0.29, 0.717) is 6.04 Å². The fourth-order valence-electron chi connectivity index (χ4n) is 1.74. The number of nitrogens with one attached hydrogen (secondary N) is 1. The van der Waals surface area contributed by atoms with Crippen molar-refractivity contribution in [2.45, 2.75) is 26.8 Å². The zero-order valence-electron chi connectivity index (χ0n) is 10.3. The molecule has 0 aliphatic rings. The van der Waals surface area contributed by atoms with Gasteiger partial charge in [0.05, 0.1) is 6.04 Å². The van der Waals surface area contributed by atoms with E-state index in [1.54, 1.807) is 0 Å². The monoisotopic (exact) mass is 309 g/mol. The maximum atomic E-state index is 3.53. The van der Waals surface area contributed by atoms with Crippen molar-refractivity contribution >= 4 is 33.0 Å². The second kappa shape index (κ2) is 5.23. The lowest BCUT2D eigenvalue weighted by molar-refractivity contribution is 0.907. The molecular weight excluding hydrogens is 294 g/mol. The van der Waals surface area contributed by atoms with Crippen molar-refractivity contribution < 1.29 is 0 Å². The summed E-state index contributed by atoms with van der Waals surface area (Å²) in [5.41, 5.74) is 2.42. The predicted octanol–water partition coefficient (Wildman–Crippen LogP) is 5.30. The molecule has 1 unspecified atom stereocenters. The van der Waals surface area contributed by atoms with Crippen molar-refractivity contribution in [1.29, 1.82) is 0 Å². The minimum Gasteiger partial charge on any atom is -0.378 e. The van der Waals surface area contributed by atoms with Gasteiger partial charge in [-0.15, -0.1) is 11.3 Å². The van der Waals surface area contributed by atoms with Gasteiger partial charge in [-0.05, 0) is 56.7 Å². The Balaban J connectivity index is 2.12. The number of anilines is 1. The van der Waals surface area contributed by atoms with Crippen LogP contribution in [-0.4, -0.2) is 0 Å². The highest BCUT2D eigenvalue weighted by Crippen LogP contribution is 2.27. The molecule has 0 aliphatic carbocycles. The zero-order valence-corrected chi connectivity index (χ0v) is 12.7. The summed E-state index contributed by atoms with van der Waals surface area (Å²) in [4.78, 5) is 2.74. The van der Waals surface area contributed by atoms with Crippen LogP contribution < -0.4 is 5.32 Å². The number of hydrogen-bond donors (Lipinski definition) is 1. The Kier molecular flexibility index (Phi) is 3.89.